The number of hydrogen-bond donors (Lipinski definition) is 1. The van der Waals surface area contributed by atoms with E-state index in [1.54, 1.807) is 19.2 Å². The Balaban J connectivity index is 2.68. The average molecular weight is 267 g/mol. The molecule has 5 heteroatoms. The molecule has 19 heavy (non-hydrogen) atoms. The summed E-state index contributed by atoms with van der Waals surface area (Å²) in [6.45, 7) is 5.59. The fourth-order valence-corrected chi connectivity index (χ4v) is 1.47. The van der Waals surface area contributed by atoms with Crippen molar-refractivity contribution < 1.29 is 19.0 Å². The normalized spacial score (nSPS) is 11.0. The fraction of sp³-hybridized carbons (Fsp3) is 0.500. The van der Waals surface area contributed by atoms with Crippen molar-refractivity contribution in [3.8, 4) is 11.5 Å². The van der Waals surface area contributed by atoms with Gasteiger partial charge in [0.2, 0.25) is 0 Å². The Hall–Kier alpha value is -1.75. The quantitative estimate of drug-likeness (QED) is 0.825. The molecular formula is C14H21NO4. The van der Waals surface area contributed by atoms with Gasteiger partial charge >= 0.3 is 5.97 Å². The maximum atomic E-state index is 11.6. The summed E-state index contributed by atoms with van der Waals surface area (Å²) in [6.07, 6.45) is 0. The average Bonchev–Trinajstić information content (AvgIpc) is 2.33. The van der Waals surface area contributed by atoms with Crippen LogP contribution in [0.25, 0.3) is 0 Å². The lowest BCUT2D eigenvalue weighted by Crippen LogP contribution is -2.27. The SMILES string of the molecule is COc1ccc(CN)c(OCC(=O)OC(C)(C)C)c1. The molecule has 0 aliphatic rings. The van der Waals surface area contributed by atoms with Crippen molar-refractivity contribution in [3.63, 3.8) is 0 Å². The van der Waals surface area contributed by atoms with Crippen LogP contribution >= 0.6 is 0 Å². The van der Waals surface area contributed by atoms with Gasteiger partial charge in [-0.3, -0.25) is 0 Å². The monoisotopic (exact) mass is 267 g/mol. The maximum Gasteiger partial charge on any atom is 0.344 e. The van der Waals surface area contributed by atoms with Crippen molar-refractivity contribution in [1.29, 1.82) is 0 Å². The predicted octanol–water partition coefficient (Wildman–Crippen LogP) is 1.87. The zero-order valence-electron chi connectivity index (χ0n) is 11.9. The molecule has 1 aromatic rings. The standard InChI is InChI=1S/C14H21NO4/c1-14(2,3)19-13(16)9-18-12-7-11(17-4)6-5-10(12)8-15/h5-7H,8-9,15H2,1-4H3. The molecule has 5 nitrogen and oxygen atoms in total. The van der Waals surface area contributed by atoms with Gasteiger partial charge in [0.1, 0.15) is 17.1 Å². The van der Waals surface area contributed by atoms with Crippen LogP contribution in [0, 0.1) is 0 Å². The number of ether oxygens (including phenoxy) is 3. The van der Waals surface area contributed by atoms with Crippen LogP contribution in [0.5, 0.6) is 11.5 Å². The van der Waals surface area contributed by atoms with Crippen molar-refractivity contribution in [2.24, 2.45) is 5.73 Å². The third kappa shape index (κ3) is 5.18. The molecule has 0 bridgehead atoms. The van der Waals surface area contributed by atoms with E-state index in [4.69, 9.17) is 19.9 Å². The Bertz CT molecular complexity index is 438. The molecule has 0 atom stereocenters. The molecule has 106 valence electrons. The molecule has 0 fully saturated rings. The minimum Gasteiger partial charge on any atom is -0.497 e. The van der Waals surface area contributed by atoms with Crippen molar-refractivity contribution >= 4 is 5.97 Å². The van der Waals surface area contributed by atoms with E-state index in [1.165, 1.54) is 0 Å². The molecule has 0 aromatic heterocycles. The third-order valence-electron chi connectivity index (χ3n) is 2.26. The van der Waals surface area contributed by atoms with E-state index in [-0.39, 0.29) is 6.61 Å². The molecule has 0 saturated heterocycles. The van der Waals surface area contributed by atoms with E-state index < -0.39 is 11.6 Å². The Kier molecular flexibility index (Phi) is 5.18. The second-order valence-corrected chi connectivity index (χ2v) is 5.05. The Morgan fingerprint density at radius 3 is 2.53 bits per heavy atom. The van der Waals surface area contributed by atoms with E-state index in [0.29, 0.717) is 18.0 Å². The fourth-order valence-electron chi connectivity index (χ4n) is 1.47. The second kappa shape index (κ2) is 6.43. The Morgan fingerprint density at radius 2 is 2.00 bits per heavy atom. The second-order valence-electron chi connectivity index (χ2n) is 5.05. The number of esters is 1. The molecule has 1 aromatic carbocycles. The molecule has 2 N–H and O–H groups in total. The first-order valence-corrected chi connectivity index (χ1v) is 6.07. The number of carbonyl (C=O) groups excluding carboxylic acids is 1. The number of nitrogens with two attached hydrogens (primary N) is 1. The maximum absolute atomic E-state index is 11.6. The lowest BCUT2D eigenvalue weighted by Gasteiger charge is -2.20. The van der Waals surface area contributed by atoms with Gasteiger partial charge < -0.3 is 19.9 Å². The topological polar surface area (TPSA) is 70.8 Å². The first-order chi connectivity index (χ1) is 8.85. The van der Waals surface area contributed by atoms with Gasteiger partial charge in [-0.1, -0.05) is 6.07 Å². The molecule has 0 aliphatic carbocycles. The minimum atomic E-state index is -0.522. The van der Waals surface area contributed by atoms with Gasteiger partial charge in [-0.15, -0.1) is 0 Å². The molecule has 0 saturated carbocycles. The van der Waals surface area contributed by atoms with Crippen LogP contribution < -0.4 is 15.2 Å². The summed E-state index contributed by atoms with van der Waals surface area (Å²) in [5.74, 6) is 0.766. The van der Waals surface area contributed by atoms with Gasteiger partial charge in [-0.05, 0) is 26.8 Å². The van der Waals surface area contributed by atoms with Gasteiger partial charge in [-0.25, -0.2) is 4.79 Å². The van der Waals surface area contributed by atoms with E-state index >= 15 is 0 Å². The van der Waals surface area contributed by atoms with Crippen LogP contribution in [0.2, 0.25) is 0 Å². The number of methoxy groups -OCH3 is 1. The van der Waals surface area contributed by atoms with Crippen molar-refractivity contribution in [1.82, 2.24) is 0 Å². The first-order valence-electron chi connectivity index (χ1n) is 6.07. The van der Waals surface area contributed by atoms with Crippen LogP contribution in [0.15, 0.2) is 18.2 Å². The van der Waals surface area contributed by atoms with Gasteiger partial charge in [0.05, 0.1) is 7.11 Å². The molecule has 0 spiro atoms. The summed E-state index contributed by atoms with van der Waals surface area (Å²) in [6, 6.07) is 5.30. The Labute approximate surface area is 113 Å². The van der Waals surface area contributed by atoms with E-state index in [0.717, 1.165) is 5.56 Å². The first kappa shape index (κ1) is 15.3. The molecule has 0 unspecified atom stereocenters. The summed E-state index contributed by atoms with van der Waals surface area (Å²) < 4.78 is 15.7. The number of benzene rings is 1. The highest BCUT2D eigenvalue weighted by Crippen LogP contribution is 2.24. The van der Waals surface area contributed by atoms with Gasteiger partial charge in [0.25, 0.3) is 0 Å². The zero-order valence-corrected chi connectivity index (χ0v) is 11.9. The third-order valence-corrected chi connectivity index (χ3v) is 2.26. The van der Waals surface area contributed by atoms with Crippen LogP contribution in [0.4, 0.5) is 0 Å². The highest BCUT2D eigenvalue weighted by atomic mass is 16.6. The largest absolute Gasteiger partial charge is 0.497 e. The number of carbonyl (C=O) groups is 1. The van der Waals surface area contributed by atoms with Gasteiger partial charge in [0, 0.05) is 18.2 Å². The smallest absolute Gasteiger partial charge is 0.344 e. The number of hydrogen-bond acceptors (Lipinski definition) is 5. The molecule has 1 rings (SSSR count). The van der Waals surface area contributed by atoms with Gasteiger partial charge in [0.15, 0.2) is 6.61 Å². The van der Waals surface area contributed by atoms with Crippen LogP contribution in [0.1, 0.15) is 26.3 Å². The lowest BCUT2D eigenvalue weighted by atomic mass is 10.2. The van der Waals surface area contributed by atoms with E-state index in [9.17, 15) is 4.79 Å². The van der Waals surface area contributed by atoms with Crippen molar-refractivity contribution in [3.05, 3.63) is 23.8 Å². The number of rotatable bonds is 5. The van der Waals surface area contributed by atoms with Crippen molar-refractivity contribution in [2.45, 2.75) is 32.9 Å². The molecule has 0 aliphatic heterocycles. The molecule has 0 heterocycles. The summed E-state index contributed by atoms with van der Waals surface area (Å²) in [7, 11) is 1.56. The molecule has 0 amide bonds. The summed E-state index contributed by atoms with van der Waals surface area (Å²) in [4.78, 5) is 11.6. The summed E-state index contributed by atoms with van der Waals surface area (Å²) in [5.41, 5.74) is 5.90. The van der Waals surface area contributed by atoms with E-state index in [2.05, 4.69) is 0 Å². The van der Waals surface area contributed by atoms with E-state index in [1.807, 2.05) is 26.8 Å². The molecular weight excluding hydrogens is 246 g/mol. The van der Waals surface area contributed by atoms with Crippen LogP contribution in [-0.4, -0.2) is 25.3 Å². The minimum absolute atomic E-state index is 0.155. The van der Waals surface area contributed by atoms with Crippen molar-refractivity contribution in [2.75, 3.05) is 13.7 Å². The van der Waals surface area contributed by atoms with Crippen LogP contribution in [0.3, 0.4) is 0 Å². The molecule has 0 radical (unpaired) electrons. The predicted molar refractivity (Wildman–Crippen MR) is 72.2 cm³/mol. The lowest BCUT2D eigenvalue weighted by molar-refractivity contribution is -0.157. The highest BCUT2D eigenvalue weighted by Gasteiger charge is 2.17. The Morgan fingerprint density at radius 1 is 1.32 bits per heavy atom. The summed E-state index contributed by atoms with van der Waals surface area (Å²) >= 11 is 0. The summed E-state index contributed by atoms with van der Waals surface area (Å²) in [5, 5.41) is 0. The highest BCUT2D eigenvalue weighted by molar-refractivity contribution is 5.71. The van der Waals surface area contributed by atoms with Gasteiger partial charge in [-0.2, -0.15) is 0 Å². The van der Waals surface area contributed by atoms with Crippen LogP contribution in [-0.2, 0) is 16.1 Å². The zero-order chi connectivity index (χ0) is 14.5.